The van der Waals surface area contributed by atoms with Gasteiger partial charge in [-0.1, -0.05) is 20.3 Å². The molecule has 2 rings (SSSR count). The fourth-order valence-corrected chi connectivity index (χ4v) is 3.53. The first kappa shape index (κ1) is 16.3. The second-order valence-corrected chi connectivity index (χ2v) is 7.11. The number of carbonyl (C=O) groups excluding carboxylic acids is 2. The third kappa shape index (κ3) is 3.39. The molecule has 21 heavy (non-hydrogen) atoms. The molecule has 2 amide bonds. The van der Waals surface area contributed by atoms with E-state index in [9.17, 15) is 9.59 Å². The summed E-state index contributed by atoms with van der Waals surface area (Å²) in [5.41, 5.74) is 5.85. The van der Waals surface area contributed by atoms with Crippen LogP contribution in [0.4, 0.5) is 0 Å². The normalized spacial score (nSPS) is 31.0. The standard InChI is InChI=1S/C16H29N3O2/c1-4-5-12(2)19-9-13(8-14(19)20)15(21)18-7-6-16(3,10-17)11-18/h12-13H,4-11,17H2,1-3H3. The van der Waals surface area contributed by atoms with Crippen LogP contribution in [0, 0.1) is 11.3 Å². The number of hydrogen-bond donors (Lipinski definition) is 1. The van der Waals surface area contributed by atoms with Crippen LogP contribution in [-0.2, 0) is 9.59 Å². The summed E-state index contributed by atoms with van der Waals surface area (Å²) in [5, 5.41) is 0. The molecule has 0 saturated carbocycles. The highest BCUT2D eigenvalue weighted by Crippen LogP contribution is 2.31. The Hall–Kier alpha value is -1.10. The summed E-state index contributed by atoms with van der Waals surface area (Å²) < 4.78 is 0. The van der Waals surface area contributed by atoms with Crippen LogP contribution in [0.5, 0.6) is 0 Å². The largest absolute Gasteiger partial charge is 0.342 e. The van der Waals surface area contributed by atoms with E-state index in [1.807, 2.05) is 9.80 Å². The number of rotatable bonds is 5. The lowest BCUT2D eigenvalue weighted by atomic mass is 9.90. The molecule has 120 valence electrons. The molecule has 3 atom stereocenters. The van der Waals surface area contributed by atoms with Crippen molar-refractivity contribution in [2.45, 2.75) is 52.5 Å². The molecule has 2 aliphatic rings. The molecule has 0 aromatic carbocycles. The van der Waals surface area contributed by atoms with Crippen molar-refractivity contribution in [2.24, 2.45) is 17.1 Å². The van der Waals surface area contributed by atoms with Crippen molar-refractivity contribution in [3.05, 3.63) is 0 Å². The summed E-state index contributed by atoms with van der Waals surface area (Å²) >= 11 is 0. The maximum atomic E-state index is 12.6. The highest BCUT2D eigenvalue weighted by Gasteiger charge is 2.42. The number of likely N-dealkylation sites (tertiary alicyclic amines) is 2. The summed E-state index contributed by atoms with van der Waals surface area (Å²) in [5.74, 6) is 0.124. The molecule has 2 heterocycles. The zero-order chi connectivity index (χ0) is 15.6. The number of nitrogens with zero attached hydrogens (tertiary/aromatic N) is 2. The van der Waals surface area contributed by atoms with Crippen molar-refractivity contribution in [3.8, 4) is 0 Å². The molecule has 5 heteroatoms. The molecule has 0 aromatic heterocycles. The molecule has 3 unspecified atom stereocenters. The van der Waals surface area contributed by atoms with Gasteiger partial charge in [0.25, 0.3) is 0 Å². The minimum Gasteiger partial charge on any atom is -0.342 e. The molecule has 2 aliphatic heterocycles. The van der Waals surface area contributed by atoms with Crippen LogP contribution in [0.3, 0.4) is 0 Å². The van der Waals surface area contributed by atoms with Gasteiger partial charge in [-0.05, 0) is 31.7 Å². The van der Waals surface area contributed by atoms with Gasteiger partial charge in [-0.25, -0.2) is 0 Å². The Balaban J connectivity index is 1.95. The molecule has 2 N–H and O–H groups in total. The van der Waals surface area contributed by atoms with E-state index in [2.05, 4.69) is 20.8 Å². The highest BCUT2D eigenvalue weighted by atomic mass is 16.2. The van der Waals surface area contributed by atoms with Crippen molar-refractivity contribution in [1.29, 1.82) is 0 Å². The zero-order valence-corrected chi connectivity index (χ0v) is 13.6. The van der Waals surface area contributed by atoms with E-state index < -0.39 is 0 Å². The van der Waals surface area contributed by atoms with Gasteiger partial charge in [-0.3, -0.25) is 9.59 Å². The van der Waals surface area contributed by atoms with E-state index in [1.54, 1.807) is 0 Å². The lowest BCUT2D eigenvalue weighted by Gasteiger charge is -2.26. The molecular formula is C16H29N3O2. The number of nitrogens with two attached hydrogens (primary N) is 1. The van der Waals surface area contributed by atoms with Gasteiger partial charge in [0.1, 0.15) is 0 Å². The fourth-order valence-electron chi connectivity index (χ4n) is 3.53. The monoisotopic (exact) mass is 295 g/mol. The van der Waals surface area contributed by atoms with Gasteiger partial charge in [0.2, 0.25) is 11.8 Å². The Bertz CT molecular complexity index is 412. The molecule has 0 bridgehead atoms. The summed E-state index contributed by atoms with van der Waals surface area (Å²) in [7, 11) is 0. The Labute approximate surface area is 127 Å². The van der Waals surface area contributed by atoms with Crippen LogP contribution < -0.4 is 5.73 Å². The maximum Gasteiger partial charge on any atom is 0.228 e. The summed E-state index contributed by atoms with van der Waals surface area (Å²) in [4.78, 5) is 28.6. The minimum absolute atomic E-state index is 0.0491. The minimum atomic E-state index is -0.156. The first-order valence-corrected chi connectivity index (χ1v) is 8.18. The van der Waals surface area contributed by atoms with E-state index in [-0.39, 0.29) is 29.2 Å². The average Bonchev–Trinajstić information content (AvgIpc) is 3.03. The SMILES string of the molecule is CCCC(C)N1CC(C(=O)N2CCC(C)(CN)C2)CC1=O. The fraction of sp³-hybridized carbons (Fsp3) is 0.875. The Morgan fingerprint density at radius 3 is 2.81 bits per heavy atom. The number of carbonyl (C=O) groups is 2. The van der Waals surface area contributed by atoms with E-state index in [4.69, 9.17) is 5.73 Å². The maximum absolute atomic E-state index is 12.6. The summed E-state index contributed by atoms with van der Waals surface area (Å²) in [6.07, 6.45) is 3.40. The van der Waals surface area contributed by atoms with Crippen LogP contribution in [0.25, 0.3) is 0 Å². The van der Waals surface area contributed by atoms with Gasteiger partial charge >= 0.3 is 0 Å². The van der Waals surface area contributed by atoms with Gasteiger partial charge in [0.15, 0.2) is 0 Å². The summed E-state index contributed by atoms with van der Waals surface area (Å²) in [6.45, 7) is 9.05. The van der Waals surface area contributed by atoms with Gasteiger partial charge in [-0.15, -0.1) is 0 Å². The molecule has 0 aliphatic carbocycles. The van der Waals surface area contributed by atoms with E-state index in [0.29, 0.717) is 19.5 Å². The van der Waals surface area contributed by atoms with E-state index in [0.717, 1.165) is 32.4 Å². The average molecular weight is 295 g/mol. The second kappa shape index (κ2) is 6.34. The Morgan fingerprint density at radius 1 is 1.52 bits per heavy atom. The topological polar surface area (TPSA) is 66.6 Å². The Morgan fingerprint density at radius 2 is 2.24 bits per heavy atom. The van der Waals surface area contributed by atoms with E-state index in [1.165, 1.54) is 0 Å². The molecule has 5 nitrogen and oxygen atoms in total. The predicted octanol–water partition coefficient (Wildman–Crippen LogP) is 1.22. The van der Waals surface area contributed by atoms with Crippen LogP contribution in [0.15, 0.2) is 0 Å². The second-order valence-electron chi connectivity index (χ2n) is 7.11. The molecule has 0 aromatic rings. The first-order chi connectivity index (χ1) is 9.90. The molecule has 2 fully saturated rings. The number of hydrogen-bond acceptors (Lipinski definition) is 3. The highest BCUT2D eigenvalue weighted by molar-refractivity contribution is 5.89. The third-order valence-electron chi connectivity index (χ3n) is 5.11. The van der Waals surface area contributed by atoms with Crippen LogP contribution in [0.2, 0.25) is 0 Å². The lowest BCUT2D eigenvalue weighted by Crippen LogP contribution is -2.39. The van der Waals surface area contributed by atoms with Gasteiger partial charge in [0, 0.05) is 32.1 Å². The molecule has 0 spiro atoms. The number of amides is 2. The van der Waals surface area contributed by atoms with E-state index >= 15 is 0 Å². The van der Waals surface area contributed by atoms with Crippen LogP contribution in [-0.4, -0.2) is 53.8 Å². The predicted molar refractivity (Wildman–Crippen MR) is 82.5 cm³/mol. The lowest BCUT2D eigenvalue weighted by molar-refractivity contribution is -0.135. The van der Waals surface area contributed by atoms with Crippen molar-refractivity contribution in [2.75, 3.05) is 26.2 Å². The molecule has 0 radical (unpaired) electrons. The molecular weight excluding hydrogens is 266 g/mol. The quantitative estimate of drug-likeness (QED) is 0.829. The van der Waals surface area contributed by atoms with Gasteiger partial charge < -0.3 is 15.5 Å². The van der Waals surface area contributed by atoms with Crippen molar-refractivity contribution in [1.82, 2.24) is 9.80 Å². The molecule has 2 saturated heterocycles. The van der Waals surface area contributed by atoms with Gasteiger partial charge in [-0.2, -0.15) is 0 Å². The van der Waals surface area contributed by atoms with Crippen molar-refractivity contribution < 1.29 is 9.59 Å². The van der Waals surface area contributed by atoms with Crippen LogP contribution >= 0.6 is 0 Å². The smallest absolute Gasteiger partial charge is 0.228 e. The zero-order valence-electron chi connectivity index (χ0n) is 13.6. The Kier molecular flexibility index (Phi) is 4.91. The summed E-state index contributed by atoms with van der Waals surface area (Å²) in [6, 6.07) is 0.244. The van der Waals surface area contributed by atoms with Gasteiger partial charge in [0.05, 0.1) is 5.92 Å². The van der Waals surface area contributed by atoms with Crippen molar-refractivity contribution in [3.63, 3.8) is 0 Å². The van der Waals surface area contributed by atoms with Crippen LogP contribution in [0.1, 0.15) is 46.5 Å². The first-order valence-electron chi connectivity index (χ1n) is 8.18. The third-order valence-corrected chi connectivity index (χ3v) is 5.11. The van der Waals surface area contributed by atoms with Crippen molar-refractivity contribution >= 4 is 11.8 Å².